The monoisotopic (exact) mass is 371 g/mol. The first-order valence-corrected chi connectivity index (χ1v) is 9.25. The molecule has 4 aromatic rings. The van der Waals surface area contributed by atoms with E-state index in [1.807, 2.05) is 90.3 Å². The SMILES string of the molecule is Cc1nc2ccccn2c1CCC(=O)Nc1ccccc1Oc1ccccc1. The van der Waals surface area contributed by atoms with Crippen molar-refractivity contribution in [3.63, 3.8) is 0 Å². The van der Waals surface area contributed by atoms with Crippen molar-refractivity contribution in [3.05, 3.63) is 90.4 Å². The molecule has 1 amide bonds. The first-order valence-electron chi connectivity index (χ1n) is 9.25. The molecule has 0 aliphatic carbocycles. The minimum Gasteiger partial charge on any atom is -0.455 e. The first-order chi connectivity index (χ1) is 13.7. The number of ether oxygens (including phenoxy) is 1. The topological polar surface area (TPSA) is 55.6 Å². The summed E-state index contributed by atoms with van der Waals surface area (Å²) < 4.78 is 7.95. The molecule has 0 fully saturated rings. The molecule has 0 radical (unpaired) electrons. The number of amides is 1. The lowest BCUT2D eigenvalue weighted by molar-refractivity contribution is -0.116. The second-order valence-electron chi connectivity index (χ2n) is 6.53. The van der Waals surface area contributed by atoms with E-state index in [1.165, 1.54) is 0 Å². The van der Waals surface area contributed by atoms with E-state index in [-0.39, 0.29) is 5.91 Å². The van der Waals surface area contributed by atoms with Gasteiger partial charge in [-0.2, -0.15) is 0 Å². The third kappa shape index (κ3) is 3.88. The molecule has 0 saturated carbocycles. The minimum atomic E-state index is -0.0607. The standard InChI is InChI=1S/C23H21N3O2/c1-17-20(26-16-8-7-13-22(26)24-17)14-15-23(27)25-19-11-5-6-12-21(19)28-18-9-3-2-4-10-18/h2-13,16H,14-15H2,1H3,(H,25,27). The number of imidazole rings is 1. The van der Waals surface area contributed by atoms with Crippen LogP contribution in [0.25, 0.3) is 5.65 Å². The Morgan fingerprint density at radius 3 is 2.61 bits per heavy atom. The fourth-order valence-corrected chi connectivity index (χ4v) is 3.18. The number of nitrogens with one attached hydrogen (secondary N) is 1. The molecule has 0 aliphatic heterocycles. The van der Waals surface area contributed by atoms with E-state index >= 15 is 0 Å². The molecule has 5 nitrogen and oxygen atoms in total. The molecule has 2 aromatic carbocycles. The Hall–Kier alpha value is -3.60. The summed E-state index contributed by atoms with van der Waals surface area (Å²) in [6.07, 6.45) is 2.96. The number of para-hydroxylation sites is 3. The van der Waals surface area contributed by atoms with Crippen LogP contribution in [0.3, 0.4) is 0 Å². The zero-order valence-electron chi connectivity index (χ0n) is 15.6. The molecule has 0 aliphatic rings. The van der Waals surface area contributed by atoms with Crippen molar-refractivity contribution >= 4 is 17.2 Å². The molecular weight excluding hydrogens is 350 g/mol. The van der Waals surface area contributed by atoms with Crippen LogP contribution >= 0.6 is 0 Å². The zero-order chi connectivity index (χ0) is 19.3. The van der Waals surface area contributed by atoms with E-state index in [1.54, 1.807) is 0 Å². The summed E-state index contributed by atoms with van der Waals surface area (Å²) in [5.41, 5.74) is 3.56. The van der Waals surface area contributed by atoms with Gasteiger partial charge in [0, 0.05) is 18.3 Å². The number of nitrogens with zero attached hydrogens (tertiary/aromatic N) is 2. The van der Waals surface area contributed by atoms with Gasteiger partial charge in [-0.1, -0.05) is 36.4 Å². The van der Waals surface area contributed by atoms with Crippen LogP contribution in [0.2, 0.25) is 0 Å². The van der Waals surface area contributed by atoms with Gasteiger partial charge in [-0.05, 0) is 49.7 Å². The molecule has 2 heterocycles. The average molecular weight is 371 g/mol. The molecule has 0 saturated heterocycles. The molecule has 0 unspecified atom stereocenters. The molecular formula is C23H21N3O2. The molecule has 5 heteroatoms. The Morgan fingerprint density at radius 1 is 1.00 bits per heavy atom. The molecule has 2 aromatic heterocycles. The Balaban J connectivity index is 1.45. The Kier molecular flexibility index (Phi) is 5.06. The van der Waals surface area contributed by atoms with E-state index in [0.29, 0.717) is 24.3 Å². The quantitative estimate of drug-likeness (QED) is 0.518. The number of aryl methyl sites for hydroxylation is 2. The number of hydrogen-bond donors (Lipinski definition) is 1. The fraction of sp³-hybridized carbons (Fsp3) is 0.130. The summed E-state index contributed by atoms with van der Waals surface area (Å²) in [7, 11) is 0. The van der Waals surface area contributed by atoms with Crippen LogP contribution in [0.15, 0.2) is 79.0 Å². The average Bonchev–Trinajstić information content (AvgIpc) is 3.04. The van der Waals surface area contributed by atoms with Gasteiger partial charge in [0.15, 0.2) is 5.75 Å². The smallest absolute Gasteiger partial charge is 0.224 e. The molecule has 1 N–H and O–H groups in total. The van der Waals surface area contributed by atoms with Gasteiger partial charge in [0.05, 0.1) is 11.4 Å². The van der Waals surface area contributed by atoms with Crippen LogP contribution in [-0.4, -0.2) is 15.3 Å². The molecule has 140 valence electrons. The van der Waals surface area contributed by atoms with Gasteiger partial charge in [0.2, 0.25) is 5.91 Å². The largest absolute Gasteiger partial charge is 0.455 e. The molecule has 0 spiro atoms. The second-order valence-corrected chi connectivity index (χ2v) is 6.53. The lowest BCUT2D eigenvalue weighted by atomic mass is 10.2. The first kappa shape index (κ1) is 17.8. The number of rotatable bonds is 6. The van der Waals surface area contributed by atoms with E-state index < -0.39 is 0 Å². The van der Waals surface area contributed by atoms with Gasteiger partial charge in [0.25, 0.3) is 0 Å². The lowest BCUT2D eigenvalue weighted by Gasteiger charge is -2.12. The van der Waals surface area contributed by atoms with Gasteiger partial charge in [0.1, 0.15) is 11.4 Å². The second kappa shape index (κ2) is 7.96. The summed E-state index contributed by atoms with van der Waals surface area (Å²) in [6.45, 7) is 1.98. The molecule has 4 rings (SSSR count). The Labute approximate surface area is 163 Å². The summed E-state index contributed by atoms with van der Waals surface area (Å²) >= 11 is 0. The number of carbonyl (C=O) groups is 1. The predicted octanol–water partition coefficient (Wildman–Crippen LogP) is 5.01. The van der Waals surface area contributed by atoms with Gasteiger partial charge in [-0.15, -0.1) is 0 Å². The van der Waals surface area contributed by atoms with Gasteiger partial charge >= 0.3 is 0 Å². The van der Waals surface area contributed by atoms with E-state index in [2.05, 4.69) is 10.3 Å². The lowest BCUT2D eigenvalue weighted by Crippen LogP contribution is -2.13. The third-order valence-corrected chi connectivity index (χ3v) is 4.55. The normalized spacial score (nSPS) is 10.8. The number of carbonyl (C=O) groups excluding carboxylic acids is 1. The highest BCUT2D eigenvalue weighted by Gasteiger charge is 2.12. The van der Waals surface area contributed by atoms with Gasteiger partial charge < -0.3 is 14.5 Å². The van der Waals surface area contributed by atoms with E-state index in [0.717, 1.165) is 22.8 Å². The van der Waals surface area contributed by atoms with Crippen molar-refractivity contribution in [2.75, 3.05) is 5.32 Å². The number of pyridine rings is 1. The van der Waals surface area contributed by atoms with Gasteiger partial charge in [-0.25, -0.2) is 4.98 Å². The van der Waals surface area contributed by atoms with E-state index in [4.69, 9.17) is 4.74 Å². The van der Waals surface area contributed by atoms with Crippen molar-refractivity contribution in [2.24, 2.45) is 0 Å². The van der Waals surface area contributed by atoms with E-state index in [9.17, 15) is 4.79 Å². The predicted molar refractivity (Wildman–Crippen MR) is 110 cm³/mol. The summed E-state index contributed by atoms with van der Waals surface area (Å²) in [5.74, 6) is 1.29. The minimum absolute atomic E-state index is 0.0607. The van der Waals surface area contributed by atoms with Crippen molar-refractivity contribution in [2.45, 2.75) is 19.8 Å². The Bertz CT molecular complexity index is 1100. The van der Waals surface area contributed by atoms with Crippen LogP contribution in [0.4, 0.5) is 5.69 Å². The maximum atomic E-state index is 12.6. The highest BCUT2D eigenvalue weighted by atomic mass is 16.5. The van der Waals surface area contributed by atoms with Crippen LogP contribution in [0.5, 0.6) is 11.5 Å². The van der Waals surface area contributed by atoms with Crippen molar-refractivity contribution < 1.29 is 9.53 Å². The maximum absolute atomic E-state index is 12.6. The van der Waals surface area contributed by atoms with Crippen LogP contribution in [0, 0.1) is 6.92 Å². The van der Waals surface area contributed by atoms with Crippen molar-refractivity contribution in [3.8, 4) is 11.5 Å². The number of anilines is 1. The van der Waals surface area contributed by atoms with Crippen LogP contribution in [-0.2, 0) is 11.2 Å². The highest BCUT2D eigenvalue weighted by molar-refractivity contribution is 5.92. The molecule has 28 heavy (non-hydrogen) atoms. The highest BCUT2D eigenvalue weighted by Crippen LogP contribution is 2.29. The number of fused-ring (bicyclic) bond motifs is 1. The Morgan fingerprint density at radius 2 is 1.75 bits per heavy atom. The van der Waals surface area contributed by atoms with Gasteiger partial charge in [-0.3, -0.25) is 4.79 Å². The van der Waals surface area contributed by atoms with Crippen molar-refractivity contribution in [1.82, 2.24) is 9.38 Å². The fourth-order valence-electron chi connectivity index (χ4n) is 3.18. The summed E-state index contributed by atoms with van der Waals surface area (Å²) in [5, 5.41) is 2.97. The molecule has 0 bridgehead atoms. The number of hydrogen-bond acceptors (Lipinski definition) is 3. The van der Waals surface area contributed by atoms with Crippen LogP contribution in [0.1, 0.15) is 17.8 Å². The van der Waals surface area contributed by atoms with Crippen LogP contribution < -0.4 is 10.1 Å². The number of aromatic nitrogens is 2. The molecule has 0 atom stereocenters. The maximum Gasteiger partial charge on any atom is 0.224 e. The number of benzene rings is 2. The third-order valence-electron chi connectivity index (χ3n) is 4.55. The zero-order valence-corrected chi connectivity index (χ0v) is 15.6. The summed E-state index contributed by atoms with van der Waals surface area (Å²) in [4.78, 5) is 17.1. The van der Waals surface area contributed by atoms with Crippen molar-refractivity contribution in [1.29, 1.82) is 0 Å². The summed E-state index contributed by atoms with van der Waals surface area (Å²) in [6, 6.07) is 22.9.